The lowest BCUT2D eigenvalue weighted by molar-refractivity contribution is -0.0887. The van der Waals surface area contributed by atoms with Gasteiger partial charge in [-0.25, -0.2) is 4.79 Å². The van der Waals surface area contributed by atoms with E-state index < -0.39 is 43.4 Å². The standard InChI is InChI=1S/C26H33N3O4Si/c1-17-15-29(24(32)28-23(17)27)26(22(25(2,3)4)21(31)20(16-30)33-26)34(18-11-7-5-8-12-18)19-13-9-6-10-14-19/h5-15,20-22,30-31,34H,16H2,1-4H3,(H2,27,28,32)/t20-,21-,22+,26+/m1/s1. The van der Waals surface area contributed by atoms with Crippen LogP contribution in [0.2, 0.25) is 0 Å². The van der Waals surface area contributed by atoms with E-state index >= 15 is 0 Å². The van der Waals surface area contributed by atoms with Gasteiger partial charge in [0.1, 0.15) is 17.3 Å². The van der Waals surface area contributed by atoms with Gasteiger partial charge in [-0.2, -0.15) is 4.98 Å². The Kier molecular flexibility index (Phi) is 6.52. The summed E-state index contributed by atoms with van der Waals surface area (Å²) in [7, 11) is -2.49. The van der Waals surface area contributed by atoms with Crippen LogP contribution in [0, 0.1) is 18.3 Å². The Morgan fingerprint density at radius 2 is 1.62 bits per heavy atom. The second-order valence-corrected chi connectivity index (χ2v) is 13.2. The zero-order chi connectivity index (χ0) is 24.7. The highest BCUT2D eigenvalue weighted by molar-refractivity contribution is 6.86. The third-order valence-corrected chi connectivity index (χ3v) is 10.5. The van der Waals surface area contributed by atoms with Gasteiger partial charge in [-0.05, 0) is 12.3 Å². The predicted octanol–water partition coefficient (Wildman–Crippen LogP) is 0.782. The molecule has 1 aliphatic heterocycles. The zero-order valence-electron chi connectivity index (χ0n) is 20.1. The van der Waals surface area contributed by atoms with Crippen molar-refractivity contribution in [3.05, 3.63) is 82.9 Å². The molecule has 0 bridgehead atoms. The van der Waals surface area contributed by atoms with Crippen molar-refractivity contribution in [2.24, 2.45) is 11.3 Å². The van der Waals surface area contributed by atoms with Gasteiger partial charge in [0.2, 0.25) is 0 Å². The van der Waals surface area contributed by atoms with Gasteiger partial charge in [0.05, 0.1) is 12.7 Å². The molecule has 0 aliphatic carbocycles. The molecule has 3 aromatic rings. The summed E-state index contributed by atoms with van der Waals surface area (Å²) >= 11 is 0. The van der Waals surface area contributed by atoms with E-state index in [0.29, 0.717) is 5.56 Å². The Morgan fingerprint density at radius 1 is 1.09 bits per heavy atom. The fourth-order valence-electron chi connectivity index (χ4n) is 5.49. The Labute approximate surface area is 201 Å². The van der Waals surface area contributed by atoms with Gasteiger partial charge >= 0.3 is 5.69 Å². The third-order valence-electron chi connectivity index (χ3n) is 6.83. The van der Waals surface area contributed by atoms with Gasteiger partial charge in [-0.3, -0.25) is 4.57 Å². The number of rotatable bonds is 5. The lowest BCUT2D eigenvalue weighted by Gasteiger charge is -2.47. The number of hydrogen-bond donors (Lipinski definition) is 3. The van der Waals surface area contributed by atoms with E-state index in [1.165, 1.54) is 0 Å². The first-order valence-electron chi connectivity index (χ1n) is 11.5. The maximum atomic E-state index is 13.5. The average Bonchev–Trinajstić information content (AvgIpc) is 3.10. The number of hydrogen-bond acceptors (Lipinski definition) is 6. The van der Waals surface area contributed by atoms with Crippen LogP contribution in [0.4, 0.5) is 5.82 Å². The molecule has 0 amide bonds. The summed E-state index contributed by atoms with van der Waals surface area (Å²) in [6, 6.07) is 20.0. The molecular weight excluding hydrogens is 446 g/mol. The predicted molar refractivity (Wildman–Crippen MR) is 136 cm³/mol. The number of benzene rings is 2. The highest BCUT2D eigenvalue weighted by atomic mass is 28.3. The van der Waals surface area contributed by atoms with Crippen molar-refractivity contribution in [2.45, 2.75) is 45.3 Å². The van der Waals surface area contributed by atoms with Crippen molar-refractivity contribution in [1.29, 1.82) is 0 Å². The summed E-state index contributed by atoms with van der Waals surface area (Å²) < 4.78 is 8.27. The molecule has 0 radical (unpaired) electrons. The topological polar surface area (TPSA) is 111 Å². The van der Waals surface area contributed by atoms with E-state index in [-0.39, 0.29) is 12.4 Å². The van der Waals surface area contributed by atoms with Gasteiger partial charge in [0.15, 0.2) is 8.80 Å². The average molecular weight is 480 g/mol. The lowest BCUT2D eigenvalue weighted by atomic mass is 9.76. The van der Waals surface area contributed by atoms with Gasteiger partial charge in [-0.15, -0.1) is 0 Å². The first-order valence-corrected chi connectivity index (χ1v) is 13.3. The number of nitrogens with two attached hydrogens (primary N) is 1. The first kappa shape index (κ1) is 24.3. The summed E-state index contributed by atoms with van der Waals surface area (Å²) in [6.07, 6.45) is -0.143. The van der Waals surface area contributed by atoms with Gasteiger partial charge < -0.3 is 20.7 Å². The summed E-state index contributed by atoms with van der Waals surface area (Å²) in [5.74, 6) is -0.352. The Bertz CT molecular complexity index is 1160. The molecule has 2 aromatic carbocycles. The quantitative estimate of drug-likeness (QED) is 0.467. The van der Waals surface area contributed by atoms with E-state index in [9.17, 15) is 15.0 Å². The molecular formula is C26H33N3O4Si. The molecule has 4 rings (SSSR count). The molecule has 7 nitrogen and oxygen atoms in total. The van der Waals surface area contributed by atoms with Crippen LogP contribution in [0.5, 0.6) is 0 Å². The largest absolute Gasteiger partial charge is 0.394 e. The van der Waals surface area contributed by atoms with Crippen molar-refractivity contribution in [3.63, 3.8) is 0 Å². The second kappa shape index (κ2) is 9.11. The lowest BCUT2D eigenvalue weighted by Crippen LogP contribution is -2.68. The molecule has 8 heteroatoms. The van der Waals surface area contributed by atoms with Crippen LogP contribution in [0.1, 0.15) is 26.3 Å². The third kappa shape index (κ3) is 4.00. The van der Waals surface area contributed by atoms with Crippen molar-refractivity contribution < 1.29 is 14.9 Å². The highest BCUT2D eigenvalue weighted by Crippen LogP contribution is 2.50. The molecule has 1 saturated heterocycles. The van der Waals surface area contributed by atoms with E-state index in [4.69, 9.17) is 10.5 Å². The number of ether oxygens (including phenoxy) is 1. The second-order valence-electron chi connectivity index (χ2n) is 10.1. The van der Waals surface area contributed by atoms with Crippen molar-refractivity contribution >= 4 is 25.0 Å². The molecule has 1 aromatic heterocycles. The Morgan fingerprint density at radius 3 is 2.09 bits per heavy atom. The normalized spacial score (nSPS) is 25.1. The Balaban J connectivity index is 2.15. The number of nitrogen functional groups attached to an aromatic ring is 1. The van der Waals surface area contributed by atoms with Gasteiger partial charge in [-0.1, -0.05) is 91.8 Å². The van der Waals surface area contributed by atoms with E-state index in [0.717, 1.165) is 10.4 Å². The van der Waals surface area contributed by atoms with Crippen LogP contribution < -0.4 is 21.8 Å². The smallest absolute Gasteiger partial charge is 0.351 e. The van der Waals surface area contributed by atoms with E-state index in [1.54, 1.807) is 17.7 Å². The molecule has 2 heterocycles. The van der Waals surface area contributed by atoms with Crippen LogP contribution in [0.25, 0.3) is 0 Å². The van der Waals surface area contributed by atoms with Crippen LogP contribution >= 0.6 is 0 Å². The zero-order valence-corrected chi connectivity index (χ0v) is 21.2. The van der Waals surface area contributed by atoms with Crippen LogP contribution in [0.15, 0.2) is 71.7 Å². The summed E-state index contributed by atoms with van der Waals surface area (Å²) in [4.78, 5) is 17.6. The summed E-state index contributed by atoms with van der Waals surface area (Å²) in [6.45, 7) is 7.53. The van der Waals surface area contributed by atoms with Crippen LogP contribution in [-0.4, -0.2) is 47.4 Å². The summed E-state index contributed by atoms with van der Waals surface area (Å²) in [5, 5.41) is 22.6. The monoisotopic (exact) mass is 479 g/mol. The number of aliphatic hydroxyl groups is 2. The fraction of sp³-hybridized carbons (Fsp3) is 0.385. The maximum Gasteiger partial charge on any atom is 0.351 e. The molecule has 0 saturated carbocycles. The Hall–Kier alpha value is -2.78. The number of aromatic nitrogens is 2. The molecule has 1 aliphatic rings. The maximum absolute atomic E-state index is 13.5. The van der Waals surface area contributed by atoms with Gasteiger partial charge in [0, 0.05) is 17.7 Å². The van der Waals surface area contributed by atoms with Crippen molar-refractivity contribution in [1.82, 2.24) is 9.55 Å². The molecule has 180 valence electrons. The van der Waals surface area contributed by atoms with E-state index in [1.807, 2.05) is 57.2 Å². The molecule has 0 unspecified atom stereocenters. The van der Waals surface area contributed by atoms with Crippen LogP contribution in [-0.2, 0) is 10.1 Å². The number of aliphatic hydroxyl groups excluding tert-OH is 2. The van der Waals surface area contributed by atoms with Crippen LogP contribution in [0.3, 0.4) is 0 Å². The molecule has 34 heavy (non-hydrogen) atoms. The highest BCUT2D eigenvalue weighted by Gasteiger charge is 2.64. The summed E-state index contributed by atoms with van der Waals surface area (Å²) in [5.41, 5.74) is 5.62. The SMILES string of the molecule is Cc1cn([C@]2([SiH](c3ccccc3)c3ccccc3)O[C@H](CO)[C@@H](O)[C@H]2C(C)(C)C)c(=O)nc1N. The number of nitrogens with zero attached hydrogens (tertiary/aromatic N) is 2. The number of anilines is 1. The first-order chi connectivity index (χ1) is 16.1. The molecule has 4 N–H and O–H groups in total. The minimum absolute atomic E-state index is 0.165. The minimum Gasteiger partial charge on any atom is -0.394 e. The minimum atomic E-state index is -2.49. The fourth-order valence-corrected chi connectivity index (χ4v) is 9.87. The molecule has 1 fully saturated rings. The van der Waals surface area contributed by atoms with Crippen molar-refractivity contribution in [3.8, 4) is 0 Å². The number of aryl methyl sites for hydroxylation is 1. The van der Waals surface area contributed by atoms with E-state index in [2.05, 4.69) is 29.2 Å². The molecule has 4 atom stereocenters. The van der Waals surface area contributed by atoms with Crippen molar-refractivity contribution in [2.75, 3.05) is 12.3 Å². The van der Waals surface area contributed by atoms with Gasteiger partial charge in [0.25, 0.3) is 0 Å². The molecule has 0 spiro atoms.